The van der Waals surface area contributed by atoms with Gasteiger partial charge in [0.15, 0.2) is 0 Å². The van der Waals surface area contributed by atoms with Gasteiger partial charge in [0, 0.05) is 37.7 Å². The Bertz CT molecular complexity index is 1300. The van der Waals surface area contributed by atoms with Crippen molar-refractivity contribution in [3.05, 3.63) is 48.1 Å². The monoisotopic (exact) mass is 690 g/mol. The van der Waals surface area contributed by atoms with Gasteiger partial charge in [-0.1, -0.05) is 37.1 Å². The first-order valence-corrected chi connectivity index (χ1v) is 18.0. The lowest BCUT2D eigenvalue weighted by atomic mass is 9.55. The average molecular weight is 691 g/mol. The zero-order valence-corrected chi connectivity index (χ0v) is 29.8. The Morgan fingerprint density at radius 3 is 2.56 bits per heavy atom. The van der Waals surface area contributed by atoms with Gasteiger partial charge in [0.1, 0.15) is 29.7 Å². The van der Waals surface area contributed by atoms with Gasteiger partial charge in [-0.3, -0.25) is 4.90 Å². The highest BCUT2D eigenvalue weighted by atomic mass is 35.5. The number of aliphatic hydroxyl groups excluding tert-OH is 2. The lowest BCUT2D eigenvalue weighted by molar-refractivity contribution is -0.255. The molecule has 0 radical (unpaired) electrons. The molecule has 3 aliphatic rings. The van der Waals surface area contributed by atoms with E-state index in [1.165, 1.54) is 0 Å². The maximum atomic E-state index is 13.8. The Balaban J connectivity index is 2.03. The van der Waals surface area contributed by atoms with Gasteiger partial charge < -0.3 is 34.4 Å². The number of nitrogens with zero attached hydrogens (tertiary/aromatic N) is 2. The van der Waals surface area contributed by atoms with E-state index in [-0.39, 0.29) is 62.2 Å². The van der Waals surface area contributed by atoms with Crippen molar-refractivity contribution >= 4 is 23.4 Å². The van der Waals surface area contributed by atoms with Gasteiger partial charge in [0.05, 0.1) is 24.1 Å². The largest absolute Gasteiger partial charge is 0.508 e. The van der Waals surface area contributed by atoms with Crippen LogP contribution < -0.4 is 4.74 Å². The molecule has 0 unspecified atom stereocenters. The van der Waals surface area contributed by atoms with Crippen LogP contribution in [-0.4, -0.2) is 88.3 Å². The minimum Gasteiger partial charge on any atom is -0.508 e. The fourth-order valence-corrected chi connectivity index (χ4v) is 7.75. The van der Waals surface area contributed by atoms with E-state index in [0.29, 0.717) is 37.3 Å². The first kappa shape index (κ1) is 38.0. The Morgan fingerprint density at radius 2 is 1.92 bits per heavy atom. The number of benzene rings is 1. The highest BCUT2D eigenvalue weighted by Crippen LogP contribution is 2.61. The maximum Gasteiger partial charge on any atom is 0.410 e. The van der Waals surface area contributed by atoms with Crippen LogP contribution in [0.2, 0.25) is 0 Å². The molecule has 1 heterocycles. The van der Waals surface area contributed by atoms with Crippen molar-refractivity contribution in [3.8, 4) is 11.5 Å². The van der Waals surface area contributed by atoms with Gasteiger partial charge in [-0.25, -0.2) is 4.79 Å². The number of phenols is 1. The van der Waals surface area contributed by atoms with Crippen molar-refractivity contribution in [1.82, 2.24) is 4.90 Å². The smallest absolute Gasteiger partial charge is 0.410 e. The van der Waals surface area contributed by atoms with Crippen molar-refractivity contribution in [1.29, 1.82) is 0 Å². The predicted octanol–water partition coefficient (Wildman–Crippen LogP) is 6.91. The number of halogens is 1. The van der Waals surface area contributed by atoms with E-state index in [4.69, 9.17) is 35.8 Å². The summed E-state index contributed by atoms with van der Waals surface area (Å²) < 4.78 is 19.5. The summed E-state index contributed by atoms with van der Waals surface area (Å²) in [6, 6.07) is 4.51. The number of phenolic OH excluding ortho intramolecular Hbond substituents is 1. The van der Waals surface area contributed by atoms with Gasteiger partial charge in [-0.15, -0.1) is 18.2 Å². The summed E-state index contributed by atoms with van der Waals surface area (Å²) in [4.78, 5) is 21.6. The van der Waals surface area contributed by atoms with E-state index in [9.17, 15) is 20.1 Å². The lowest BCUT2D eigenvalue weighted by Gasteiger charge is -2.60. The van der Waals surface area contributed by atoms with Gasteiger partial charge in [0.2, 0.25) is 5.79 Å². The first-order chi connectivity index (χ1) is 23.0. The summed E-state index contributed by atoms with van der Waals surface area (Å²) in [5, 5.41) is 35.0. The van der Waals surface area contributed by atoms with Crippen molar-refractivity contribution in [2.75, 3.05) is 38.9 Å². The number of alkyl halides is 1. The number of fused-ring (bicyclic) bond motifs is 2. The Labute approximate surface area is 290 Å². The summed E-state index contributed by atoms with van der Waals surface area (Å²) in [5.74, 6) is -0.944. The number of aromatic hydroxyl groups is 1. The molecule has 1 amide bonds. The number of carbonyl (C=O) groups excluding carboxylic acids is 1. The third-order valence-corrected chi connectivity index (χ3v) is 9.62. The van der Waals surface area contributed by atoms with Gasteiger partial charge in [0.25, 0.3) is 0 Å². The van der Waals surface area contributed by atoms with E-state index in [1.54, 1.807) is 29.2 Å². The molecular formula is C37H55ClN2O8. The maximum absolute atomic E-state index is 13.8. The van der Waals surface area contributed by atoms with Crippen LogP contribution in [0.15, 0.2) is 47.7 Å². The quantitative estimate of drug-likeness (QED) is 0.0696. The molecule has 1 aromatic rings. The van der Waals surface area contributed by atoms with Crippen LogP contribution in [-0.2, 0) is 14.3 Å². The molecule has 48 heavy (non-hydrogen) atoms. The molecule has 0 spiro atoms. The Hall–Kier alpha value is -2.79. The number of rotatable bonds is 17. The second-order valence-electron chi connectivity index (χ2n) is 14.0. The van der Waals surface area contributed by atoms with E-state index in [0.717, 1.165) is 36.8 Å². The highest BCUT2D eigenvalue weighted by molar-refractivity contribution is 6.18. The van der Waals surface area contributed by atoms with Crippen molar-refractivity contribution in [3.63, 3.8) is 0 Å². The third kappa shape index (κ3) is 8.49. The molecule has 0 saturated heterocycles. The third-order valence-electron chi connectivity index (χ3n) is 9.46. The SMILES string of the molecule is C=CCO[C@@]12Oc3ccc(O)cc3[C@H]3[C@H](CCCCO)[C@@H](CCCCO)C=C(C(=NOC(C)(C)C)C[C@@H]1N(CCC)C(=O)OCCCl)[C@H]32. The number of amides is 1. The summed E-state index contributed by atoms with van der Waals surface area (Å²) in [7, 11) is 0. The lowest BCUT2D eigenvalue weighted by Crippen LogP contribution is -2.70. The van der Waals surface area contributed by atoms with Crippen LogP contribution in [0.4, 0.5) is 4.79 Å². The first-order valence-electron chi connectivity index (χ1n) is 17.5. The van der Waals surface area contributed by atoms with Crippen LogP contribution >= 0.6 is 11.6 Å². The number of ether oxygens (including phenoxy) is 3. The topological polar surface area (TPSA) is 130 Å². The zero-order valence-electron chi connectivity index (χ0n) is 29.0. The second kappa shape index (κ2) is 17.2. The normalized spacial score (nSPS) is 26.9. The average Bonchev–Trinajstić information content (AvgIpc) is 3.05. The molecule has 1 fully saturated rings. The zero-order chi connectivity index (χ0) is 34.9. The number of unbranched alkanes of at least 4 members (excludes halogenated alkanes) is 2. The van der Waals surface area contributed by atoms with Crippen LogP contribution in [0.25, 0.3) is 0 Å². The molecular weight excluding hydrogens is 636 g/mol. The molecule has 0 aromatic heterocycles. The van der Waals surface area contributed by atoms with Crippen LogP contribution in [0.5, 0.6) is 11.5 Å². The molecule has 2 aliphatic carbocycles. The summed E-state index contributed by atoms with van der Waals surface area (Å²) in [5.41, 5.74) is 1.95. The predicted molar refractivity (Wildman–Crippen MR) is 187 cm³/mol. The number of hydrogen-bond donors (Lipinski definition) is 3. The van der Waals surface area contributed by atoms with E-state index in [1.807, 2.05) is 27.7 Å². The Kier molecular flexibility index (Phi) is 13.6. The minimum atomic E-state index is -1.37. The van der Waals surface area contributed by atoms with Crippen LogP contribution in [0.3, 0.4) is 0 Å². The van der Waals surface area contributed by atoms with Crippen LogP contribution in [0.1, 0.15) is 90.5 Å². The second-order valence-corrected chi connectivity index (χ2v) is 14.4. The number of allylic oxidation sites excluding steroid dienone is 1. The van der Waals surface area contributed by atoms with E-state index in [2.05, 4.69) is 12.7 Å². The molecule has 1 saturated carbocycles. The fraction of sp³-hybridized carbons (Fsp3) is 0.676. The van der Waals surface area contributed by atoms with Gasteiger partial charge in [-0.05, 0) is 88.5 Å². The number of oxime groups is 1. The van der Waals surface area contributed by atoms with Gasteiger partial charge in [-0.2, -0.15) is 0 Å². The van der Waals surface area contributed by atoms with Crippen molar-refractivity contribution < 1.29 is 39.2 Å². The molecule has 3 N–H and O–H groups in total. The van der Waals surface area contributed by atoms with E-state index < -0.39 is 29.4 Å². The van der Waals surface area contributed by atoms with Crippen LogP contribution in [0, 0.1) is 17.8 Å². The number of hydrogen-bond acceptors (Lipinski definition) is 9. The van der Waals surface area contributed by atoms with E-state index >= 15 is 0 Å². The molecule has 0 bridgehead atoms. The summed E-state index contributed by atoms with van der Waals surface area (Å²) in [6.45, 7) is 12.6. The highest BCUT2D eigenvalue weighted by Gasteiger charge is 2.65. The van der Waals surface area contributed by atoms with Crippen molar-refractivity contribution in [2.45, 2.75) is 102 Å². The molecule has 6 atom stereocenters. The molecule has 268 valence electrons. The molecule has 1 aliphatic heterocycles. The summed E-state index contributed by atoms with van der Waals surface area (Å²) in [6.07, 6.45) is 9.07. The number of aliphatic hydroxyl groups is 2. The molecule has 11 heteroatoms. The summed E-state index contributed by atoms with van der Waals surface area (Å²) >= 11 is 5.94. The standard InChI is InChI=1S/C37H55ClN2O8/c1-6-17-40(35(44)45-21-16-38)32-24-30(39-48-36(3,4)5)28-22-25(12-8-10-18-41)27(13-9-11-19-42)33-29-23-26(43)14-15-31(29)47-37(32,34(28)33)46-20-7-2/h7,14-15,22-23,25,27,32-34,41-43H,2,6,8-13,16-21,24H2,1,3-5H3/t25-,27+,32-,33+,34+,37+/m0/s1. The molecule has 1 aromatic carbocycles. The van der Waals surface area contributed by atoms with Gasteiger partial charge >= 0.3 is 6.09 Å². The molecule has 10 nitrogen and oxygen atoms in total. The fourth-order valence-electron chi connectivity index (χ4n) is 7.67. The van der Waals surface area contributed by atoms with Crippen molar-refractivity contribution in [2.24, 2.45) is 22.9 Å². The minimum absolute atomic E-state index is 0.0601. The molecule has 4 rings (SSSR count). The number of carbonyl (C=O) groups is 1. The Morgan fingerprint density at radius 1 is 1.19 bits per heavy atom.